The highest BCUT2D eigenvalue weighted by Gasteiger charge is 2.19. The molecule has 14 heavy (non-hydrogen) atoms. The third-order valence-corrected chi connectivity index (χ3v) is 2.50. The lowest BCUT2D eigenvalue weighted by Gasteiger charge is -2.22. The largest absolute Gasteiger partial charge is 0.488 e. The third-order valence-electron chi connectivity index (χ3n) is 2.50. The molecule has 0 heterocycles. The van der Waals surface area contributed by atoms with Gasteiger partial charge in [-0.2, -0.15) is 0 Å². The molecule has 0 aliphatic heterocycles. The van der Waals surface area contributed by atoms with E-state index in [-0.39, 0.29) is 6.04 Å². The van der Waals surface area contributed by atoms with Crippen LogP contribution in [-0.2, 0) is 0 Å². The lowest BCUT2D eigenvalue weighted by Crippen LogP contribution is -2.35. The topological polar surface area (TPSA) is 43.7 Å². The van der Waals surface area contributed by atoms with Crippen molar-refractivity contribution in [2.45, 2.75) is 13.0 Å². The summed E-state index contributed by atoms with van der Waals surface area (Å²) in [6.07, 6.45) is 0. The fourth-order valence-corrected chi connectivity index (χ4v) is 1.40. The number of hydrogen-bond donors (Lipinski definition) is 2. The van der Waals surface area contributed by atoms with Gasteiger partial charge in [-0.25, -0.2) is 0 Å². The van der Waals surface area contributed by atoms with Crippen LogP contribution in [0.15, 0.2) is 24.3 Å². The van der Waals surface area contributed by atoms with Crippen molar-refractivity contribution in [3.05, 3.63) is 29.8 Å². The van der Waals surface area contributed by atoms with Crippen LogP contribution in [0.3, 0.4) is 0 Å². The minimum absolute atomic E-state index is 0.174. The van der Waals surface area contributed by atoms with Gasteiger partial charge in [0.1, 0.15) is 0 Å². The van der Waals surface area contributed by atoms with Crippen LogP contribution in [0.25, 0.3) is 0 Å². The zero-order valence-electron chi connectivity index (χ0n) is 8.81. The Labute approximate surface area is 85.1 Å². The molecule has 0 aromatic heterocycles. The van der Waals surface area contributed by atoms with Crippen LogP contribution in [0.1, 0.15) is 18.5 Å². The van der Waals surface area contributed by atoms with E-state index in [0.29, 0.717) is 5.46 Å². The summed E-state index contributed by atoms with van der Waals surface area (Å²) in [6, 6.07) is 7.54. The molecule has 1 aromatic carbocycles. The van der Waals surface area contributed by atoms with Gasteiger partial charge in [-0.3, -0.25) is 0 Å². The van der Waals surface area contributed by atoms with E-state index in [1.807, 2.05) is 38.1 Å². The van der Waals surface area contributed by atoms with Crippen LogP contribution in [0.2, 0.25) is 0 Å². The first-order valence-electron chi connectivity index (χ1n) is 4.65. The Morgan fingerprint density at radius 2 is 1.79 bits per heavy atom. The Morgan fingerprint density at radius 1 is 1.21 bits per heavy atom. The molecule has 76 valence electrons. The molecule has 0 aliphatic carbocycles. The molecule has 4 heteroatoms. The Balaban J connectivity index is 3.06. The second-order valence-electron chi connectivity index (χ2n) is 3.64. The highest BCUT2D eigenvalue weighted by Crippen LogP contribution is 2.14. The van der Waals surface area contributed by atoms with Crippen molar-refractivity contribution in [3.63, 3.8) is 0 Å². The smallest absolute Gasteiger partial charge is 0.423 e. The number of hydrogen-bond acceptors (Lipinski definition) is 3. The predicted octanol–water partition coefficient (Wildman–Crippen LogP) is -0.0110. The Morgan fingerprint density at radius 3 is 2.29 bits per heavy atom. The van der Waals surface area contributed by atoms with E-state index in [4.69, 9.17) is 0 Å². The van der Waals surface area contributed by atoms with Crippen LogP contribution in [0.4, 0.5) is 0 Å². The van der Waals surface area contributed by atoms with Crippen LogP contribution in [0, 0.1) is 0 Å². The summed E-state index contributed by atoms with van der Waals surface area (Å²) in [7, 11) is 2.53. The van der Waals surface area contributed by atoms with Crippen molar-refractivity contribution in [1.29, 1.82) is 0 Å². The van der Waals surface area contributed by atoms with Crippen molar-refractivity contribution in [2.75, 3.05) is 14.1 Å². The maximum Gasteiger partial charge on any atom is 0.488 e. The van der Waals surface area contributed by atoms with Gasteiger partial charge in [0.25, 0.3) is 0 Å². The van der Waals surface area contributed by atoms with E-state index in [1.54, 1.807) is 12.1 Å². The molecule has 1 atom stereocenters. The first kappa shape index (κ1) is 11.2. The van der Waals surface area contributed by atoms with E-state index < -0.39 is 7.12 Å². The number of rotatable bonds is 3. The Kier molecular flexibility index (Phi) is 3.69. The first-order chi connectivity index (χ1) is 6.54. The van der Waals surface area contributed by atoms with Crippen LogP contribution in [0.5, 0.6) is 0 Å². The monoisotopic (exact) mass is 193 g/mol. The van der Waals surface area contributed by atoms with Gasteiger partial charge in [-0.05, 0) is 32.0 Å². The second kappa shape index (κ2) is 4.60. The minimum atomic E-state index is -1.39. The lowest BCUT2D eigenvalue weighted by molar-refractivity contribution is 0.321. The van der Waals surface area contributed by atoms with Crippen molar-refractivity contribution < 1.29 is 10.0 Å². The summed E-state index contributed by atoms with van der Waals surface area (Å²) in [5.41, 5.74) is 1.53. The highest BCUT2D eigenvalue weighted by molar-refractivity contribution is 6.59. The molecule has 1 unspecified atom stereocenters. The SMILES string of the molecule is CC(c1ccccc1B(O)O)N(C)C. The van der Waals surface area contributed by atoms with Crippen LogP contribution < -0.4 is 5.46 Å². The molecular weight excluding hydrogens is 177 g/mol. The van der Waals surface area contributed by atoms with E-state index in [9.17, 15) is 10.0 Å². The van der Waals surface area contributed by atoms with E-state index in [2.05, 4.69) is 0 Å². The van der Waals surface area contributed by atoms with Gasteiger partial charge in [0.15, 0.2) is 0 Å². The summed E-state index contributed by atoms with van der Waals surface area (Å²) in [5.74, 6) is 0. The molecule has 0 aliphatic rings. The van der Waals surface area contributed by atoms with Crippen molar-refractivity contribution in [2.24, 2.45) is 0 Å². The molecule has 1 aromatic rings. The number of nitrogens with zero attached hydrogens (tertiary/aromatic N) is 1. The fourth-order valence-electron chi connectivity index (χ4n) is 1.40. The van der Waals surface area contributed by atoms with Gasteiger partial charge in [0.2, 0.25) is 0 Å². The molecule has 2 N–H and O–H groups in total. The predicted molar refractivity (Wildman–Crippen MR) is 58.4 cm³/mol. The number of benzene rings is 1. The van der Waals surface area contributed by atoms with Crippen molar-refractivity contribution >= 4 is 12.6 Å². The highest BCUT2D eigenvalue weighted by atomic mass is 16.4. The molecule has 0 radical (unpaired) electrons. The molecule has 0 fully saturated rings. The zero-order chi connectivity index (χ0) is 10.7. The average molecular weight is 193 g/mol. The molecule has 0 spiro atoms. The Bertz CT molecular complexity index is 302. The van der Waals surface area contributed by atoms with Crippen molar-refractivity contribution in [3.8, 4) is 0 Å². The summed E-state index contributed by atoms with van der Waals surface area (Å²) < 4.78 is 0. The molecule has 0 saturated heterocycles. The van der Waals surface area contributed by atoms with Crippen molar-refractivity contribution in [1.82, 2.24) is 4.90 Å². The van der Waals surface area contributed by atoms with Gasteiger partial charge in [0.05, 0.1) is 0 Å². The second-order valence-corrected chi connectivity index (χ2v) is 3.64. The molecule has 0 amide bonds. The Hall–Kier alpha value is -0.835. The van der Waals surface area contributed by atoms with E-state index >= 15 is 0 Å². The standard InChI is InChI=1S/C10H16BNO2/c1-8(12(2)3)9-6-4-5-7-10(9)11(13)14/h4-8,13-14H,1-3H3. The zero-order valence-corrected chi connectivity index (χ0v) is 8.81. The van der Waals surface area contributed by atoms with Gasteiger partial charge in [-0.15, -0.1) is 0 Å². The average Bonchev–Trinajstić information content (AvgIpc) is 2.16. The fraction of sp³-hybridized carbons (Fsp3) is 0.400. The van der Waals surface area contributed by atoms with Crippen LogP contribution >= 0.6 is 0 Å². The molecule has 0 bridgehead atoms. The summed E-state index contributed by atoms with van der Waals surface area (Å²) in [6.45, 7) is 2.03. The molecule has 1 rings (SSSR count). The third kappa shape index (κ3) is 2.35. The van der Waals surface area contributed by atoms with Gasteiger partial charge < -0.3 is 14.9 Å². The molecule has 0 saturated carbocycles. The van der Waals surface area contributed by atoms with Crippen LogP contribution in [-0.4, -0.2) is 36.2 Å². The van der Waals surface area contributed by atoms with Gasteiger partial charge >= 0.3 is 7.12 Å². The summed E-state index contributed by atoms with van der Waals surface area (Å²) in [4.78, 5) is 2.03. The quantitative estimate of drug-likeness (QED) is 0.663. The molecular formula is C10H16BNO2. The maximum absolute atomic E-state index is 9.17. The lowest BCUT2D eigenvalue weighted by atomic mass is 9.75. The minimum Gasteiger partial charge on any atom is -0.423 e. The van der Waals surface area contributed by atoms with Gasteiger partial charge in [0, 0.05) is 6.04 Å². The van der Waals surface area contributed by atoms with E-state index in [1.165, 1.54) is 0 Å². The molecule has 3 nitrogen and oxygen atoms in total. The maximum atomic E-state index is 9.17. The normalized spacial score (nSPS) is 13.0. The first-order valence-corrected chi connectivity index (χ1v) is 4.65. The van der Waals surface area contributed by atoms with E-state index in [0.717, 1.165) is 5.56 Å². The van der Waals surface area contributed by atoms with Gasteiger partial charge in [-0.1, -0.05) is 24.3 Å². The summed E-state index contributed by atoms with van der Waals surface area (Å²) >= 11 is 0. The summed E-state index contributed by atoms with van der Waals surface area (Å²) in [5, 5.41) is 18.3.